The van der Waals surface area contributed by atoms with Crippen LogP contribution in [0.3, 0.4) is 0 Å². The lowest BCUT2D eigenvalue weighted by molar-refractivity contribution is 0.304. The second-order valence-electron chi connectivity index (χ2n) is 5.17. The Labute approximate surface area is 110 Å². The number of hydrogen-bond donors (Lipinski definition) is 0. The van der Waals surface area contributed by atoms with Crippen molar-refractivity contribution in [2.45, 2.75) is 37.2 Å². The highest BCUT2D eigenvalue weighted by atomic mass is 79.9. The molecule has 0 radical (unpaired) electrons. The van der Waals surface area contributed by atoms with Crippen molar-refractivity contribution >= 4 is 15.9 Å². The molecule has 0 spiro atoms. The molecule has 2 aliphatic rings. The largest absolute Gasteiger partial charge is 0.309 e. The van der Waals surface area contributed by atoms with Gasteiger partial charge in [-0.25, -0.2) is 0 Å². The molecular formula is C13H17BrN2O. The van der Waals surface area contributed by atoms with E-state index in [0.29, 0.717) is 11.4 Å². The van der Waals surface area contributed by atoms with Crippen molar-refractivity contribution in [1.82, 2.24) is 9.47 Å². The highest BCUT2D eigenvalue weighted by Gasteiger charge is 2.30. The Morgan fingerprint density at radius 3 is 2.88 bits per heavy atom. The van der Waals surface area contributed by atoms with Gasteiger partial charge < -0.3 is 9.47 Å². The summed E-state index contributed by atoms with van der Waals surface area (Å²) >= 11 is 3.43. The van der Waals surface area contributed by atoms with Crippen molar-refractivity contribution in [2.75, 3.05) is 13.6 Å². The molecule has 17 heavy (non-hydrogen) atoms. The van der Waals surface area contributed by atoms with E-state index in [-0.39, 0.29) is 5.56 Å². The molecule has 3 rings (SSSR count). The van der Waals surface area contributed by atoms with Gasteiger partial charge in [0.1, 0.15) is 0 Å². The van der Waals surface area contributed by atoms with Crippen molar-refractivity contribution in [3.63, 3.8) is 0 Å². The minimum absolute atomic E-state index is 0.229. The third-order valence-electron chi connectivity index (χ3n) is 3.73. The summed E-state index contributed by atoms with van der Waals surface area (Å²) in [5.74, 6) is 0. The van der Waals surface area contributed by atoms with E-state index in [1.807, 2.05) is 0 Å². The second kappa shape index (κ2) is 4.25. The zero-order valence-electron chi connectivity index (χ0n) is 10.1. The van der Waals surface area contributed by atoms with E-state index in [4.69, 9.17) is 0 Å². The lowest BCUT2D eigenvalue weighted by atomic mass is 10.0. The maximum absolute atomic E-state index is 12.4. The van der Waals surface area contributed by atoms with Crippen LogP contribution in [0.25, 0.3) is 0 Å². The minimum atomic E-state index is 0.229. The SMILES string of the molecule is CN1CCc2c(cc(CBr)c(=O)n2C2CC2)C1. The van der Waals surface area contributed by atoms with Gasteiger partial charge in [0.15, 0.2) is 0 Å². The molecule has 92 valence electrons. The van der Waals surface area contributed by atoms with Gasteiger partial charge in [0, 0.05) is 42.1 Å². The molecule has 0 amide bonds. The first kappa shape index (κ1) is 11.5. The number of aromatic nitrogens is 1. The van der Waals surface area contributed by atoms with E-state index < -0.39 is 0 Å². The van der Waals surface area contributed by atoms with Crippen molar-refractivity contribution < 1.29 is 0 Å². The summed E-state index contributed by atoms with van der Waals surface area (Å²) in [6.07, 6.45) is 3.36. The Hall–Kier alpha value is -0.610. The maximum atomic E-state index is 12.4. The molecule has 1 fully saturated rings. The van der Waals surface area contributed by atoms with Gasteiger partial charge in [-0.2, -0.15) is 0 Å². The number of rotatable bonds is 2. The molecule has 1 aromatic heterocycles. The van der Waals surface area contributed by atoms with Gasteiger partial charge in [0.05, 0.1) is 0 Å². The molecule has 1 aromatic rings. The standard InChI is InChI=1S/C13H17BrN2O/c1-15-5-4-12-10(8-15)6-9(7-14)13(17)16(12)11-2-3-11/h6,11H,2-5,7-8H2,1H3. The number of pyridine rings is 1. The number of likely N-dealkylation sites (N-methyl/N-ethyl adjacent to an activating group) is 1. The van der Waals surface area contributed by atoms with Crippen LogP contribution in [0, 0.1) is 0 Å². The Balaban J connectivity index is 2.17. The zero-order valence-corrected chi connectivity index (χ0v) is 11.7. The molecule has 1 aliphatic heterocycles. The van der Waals surface area contributed by atoms with Crippen molar-refractivity contribution in [3.05, 3.63) is 33.2 Å². The fourth-order valence-electron chi connectivity index (χ4n) is 2.69. The fraction of sp³-hybridized carbons (Fsp3) is 0.615. The van der Waals surface area contributed by atoms with Crippen molar-refractivity contribution in [3.8, 4) is 0 Å². The van der Waals surface area contributed by atoms with Crippen molar-refractivity contribution in [1.29, 1.82) is 0 Å². The number of halogens is 1. The summed E-state index contributed by atoms with van der Waals surface area (Å²) in [4.78, 5) is 14.7. The van der Waals surface area contributed by atoms with Crippen molar-refractivity contribution in [2.24, 2.45) is 0 Å². The normalized spacial score (nSPS) is 20.4. The zero-order chi connectivity index (χ0) is 12.0. The van der Waals surface area contributed by atoms with Gasteiger partial charge >= 0.3 is 0 Å². The van der Waals surface area contributed by atoms with Crippen LogP contribution < -0.4 is 5.56 Å². The first-order valence-electron chi connectivity index (χ1n) is 6.21. The van der Waals surface area contributed by atoms with E-state index in [1.165, 1.54) is 24.1 Å². The third-order valence-corrected chi connectivity index (χ3v) is 4.33. The lowest BCUT2D eigenvalue weighted by Crippen LogP contribution is -2.34. The molecule has 1 saturated carbocycles. The molecule has 0 aromatic carbocycles. The predicted molar refractivity (Wildman–Crippen MR) is 71.6 cm³/mol. The van der Waals surface area contributed by atoms with E-state index in [1.54, 1.807) is 0 Å². The molecule has 3 nitrogen and oxygen atoms in total. The molecule has 2 heterocycles. The average Bonchev–Trinajstić information content (AvgIpc) is 3.12. The van der Waals surface area contributed by atoms with Gasteiger partial charge in [0.2, 0.25) is 0 Å². The molecule has 0 atom stereocenters. The topological polar surface area (TPSA) is 25.2 Å². The maximum Gasteiger partial charge on any atom is 0.255 e. The molecule has 1 aliphatic carbocycles. The van der Waals surface area contributed by atoms with Gasteiger partial charge in [-0.05, 0) is 31.5 Å². The highest BCUT2D eigenvalue weighted by molar-refractivity contribution is 9.08. The van der Waals surface area contributed by atoms with Gasteiger partial charge in [0.25, 0.3) is 5.56 Å². The van der Waals surface area contributed by atoms with Gasteiger partial charge in [-0.15, -0.1) is 0 Å². The van der Waals surface area contributed by atoms with Crippen LogP contribution in [-0.4, -0.2) is 23.1 Å². The van der Waals surface area contributed by atoms with Crippen LogP contribution in [0.1, 0.15) is 35.7 Å². The van der Waals surface area contributed by atoms with Crippen LogP contribution in [0.4, 0.5) is 0 Å². The number of alkyl halides is 1. The first-order valence-corrected chi connectivity index (χ1v) is 7.33. The Morgan fingerprint density at radius 1 is 1.47 bits per heavy atom. The quantitative estimate of drug-likeness (QED) is 0.781. The van der Waals surface area contributed by atoms with Gasteiger partial charge in [-0.1, -0.05) is 15.9 Å². The summed E-state index contributed by atoms with van der Waals surface area (Å²) in [6, 6.07) is 2.58. The highest BCUT2D eigenvalue weighted by Crippen LogP contribution is 2.36. The summed E-state index contributed by atoms with van der Waals surface area (Å²) in [5.41, 5.74) is 3.78. The smallest absolute Gasteiger partial charge is 0.255 e. The molecule has 0 bridgehead atoms. The molecule has 4 heteroatoms. The van der Waals surface area contributed by atoms with Crippen LogP contribution in [0.5, 0.6) is 0 Å². The molecular weight excluding hydrogens is 280 g/mol. The monoisotopic (exact) mass is 296 g/mol. The number of nitrogens with zero attached hydrogens (tertiary/aromatic N) is 2. The van der Waals surface area contributed by atoms with Crippen LogP contribution in [0.2, 0.25) is 0 Å². The Bertz CT molecular complexity index is 505. The summed E-state index contributed by atoms with van der Waals surface area (Å²) in [6.45, 7) is 2.04. The van der Waals surface area contributed by atoms with Crippen LogP contribution in [0.15, 0.2) is 10.9 Å². The summed E-state index contributed by atoms with van der Waals surface area (Å²) < 4.78 is 2.08. The Morgan fingerprint density at radius 2 is 2.24 bits per heavy atom. The van der Waals surface area contributed by atoms with Crippen LogP contribution >= 0.6 is 15.9 Å². The number of hydrogen-bond acceptors (Lipinski definition) is 2. The van der Waals surface area contributed by atoms with Gasteiger partial charge in [-0.3, -0.25) is 4.79 Å². The summed E-state index contributed by atoms with van der Waals surface area (Å²) in [7, 11) is 2.14. The van der Waals surface area contributed by atoms with E-state index >= 15 is 0 Å². The minimum Gasteiger partial charge on any atom is -0.309 e. The summed E-state index contributed by atoms with van der Waals surface area (Å²) in [5, 5.41) is 0.662. The first-order chi connectivity index (χ1) is 8.20. The predicted octanol–water partition coefficient (Wildman–Crippen LogP) is 2.07. The fourth-order valence-corrected chi connectivity index (χ4v) is 3.09. The molecule has 0 saturated heterocycles. The molecule has 0 unspecified atom stereocenters. The molecule has 0 N–H and O–H groups in total. The van der Waals surface area contributed by atoms with Crippen LogP contribution in [-0.2, 0) is 18.3 Å². The lowest BCUT2D eigenvalue weighted by Gasteiger charge is -2.28. The second-order valence-corrected chi connectivity index (χ2v) is 5.73. The van der Waals surface area contributed by atoms with E-state index in [0.717, 1.165) is 25.1 Å². The number of fused-ring (bicyclic) bond motifs is 1. The van der Waals surface area contributed by atoms with E-state index in [9.17, 15) is 4.79 Å². The Kier molecular flexibility index (Phi) is 2.87. The average molecular weight is 297 g/mol. The third kappa shape index (κ3) is 1.97. The van der Waals surface area contributed by atoms with E-state index in [2.05, 4.69) is 38.5 Å².